The number of fused-ring (bicyclic) bond motifs is 5. The number of rotatable bonds is 2. The average Bonchev–Trinajstić information content (AvgIpc) is 3.07. The Bertz CT molecular complexity index is 1220. The van der Waals surface area contributed by atoms with Gasteiger partial charge in [0.05, 0.1) is 23.8 Å². The minimum Gasteiger partial charge on any atom is -0.497 e. The molecule has 0 N–H and O–H groups in total. The maximum absolute atomic E-state index is 5.29. The smallest absolute Gasteiger partial charge is 0.146 e. The Morgan fingerprint density at radius 2 is 1.80 bits per heavy atom. The molecule has 0 unspecified atom stereocenters. The second kappa shape index (κ2) is 5.31. The van der Waals surface area contributed by atoms with Crippen molar-refractivity contribution in [3.8, 4) is 17.0 Å². The molecule has 0 radical (unpaired) electrons. The number of pyridine rings is 2. The van der Waals surface area contributed by atoms with Crippen molar-refractivity contribution < 1.29 is 4.74 Å². The maximum atomic E-state index is 5.29. The summed E-state index contributed by atoms with van der Waals surface area (Å²) in [5.41, 5.74) is 5.24. The van der Waals surface area contributed by atoms with Gasteiger partial charge in [-0.3, -0.25) is 9.38 Å². The Balaban J connectivity index is 1.95. The van der Waals surface area contributed by atoms with Gasteiger partial charge in [-0.05, 0) is 54.1 Å². The molecule has 120 valence electrons. The van der Waals surface area contributed by atoms with Crippen molar-refractivity contribution in [3.05, 3.63) is 73.1 Å². The van der Waals surface area contributed by atoms with Crippen LogP contribution in [0.25, 0.3) is 38.7 Å². The normalized spacial score (nSPS) is 11.4. The molecule has 0 saturated carbocycles. The number of ether oxygens (including phenoxy) is 1. The zero-order valence-electron chi connectivity index (χ0n) is 13.7. The zero-order chi connectivity index (χ0) is 16.8. The Morgan fingerprint density at radius 1 is 0.960 bits per heavy atom. The van der Waals surface area contributed by atoms with Crippen molar-refractivity contribution in [2.45, 2.75) is 0 Å². The van der Waals surface area contributed by atoms with Crippen LogP contribution in [-0.4, -0.2) is 21.5 Å². The number of hydrogen-bond acceptors (Lipinski definition) is 3. The van der Waals surface area contributed by atoms with Crippen molar-refractivity contribution in [1.29, 1.82) is 0 Å². The van der Waals surface area contributed by atoms with E-state index in [1.807, 2.05) is 48.8 Å². The summed E-state index contributed by atoms with van der Waals surface area (Å²) in [7, 11) is 1.68. The third kappa shape index (κ3) is 2.08. The Hall–Kier alpha value is -3.40. The van der Waals surface area contributed by atoms with Gasteiger partial charge < -0.3 is 4.74 Å². The molecule has 4 nitrogen and oxygen atoms in total. The van der Waals surface area contributed by atoms with Gasteiger partial charge in [0.15, 0.2) is 0 Å². The van der Waals surface area contributed by atoms with Crippen molar-refractivity contribution >= 4 is 27.5 Å². The van der Waals surface area contributed by atoms with Gasteiger partial charge in [0.1, 0.15) is 11.4 Å². The molecule has 0 saturated heterocycles. The molecular formula is C21H15N3O. The summed E-state index contributed by atoms with van der Waals surface area (Å²) in [4.78, 5) is 9.15. The summed E-state index contributed by atoms with van der Waals surface area (Å²) in [6, 6.07) is 20.5. The van der Waals surface area contributed by atoms with Crippen LogP contribution >= 0.6 is 0 Å². The lowest BCUT2D eigenvalue weighted by atomic mass is 10.1. The van der Waals surface area contributed by atoms with Crippen LogP contribution in [0.1, 0.15) is 0 Å². The van der Waals surface area contributed by atoms with Crippen molar-refractivity contribution in [1.82, 2.24) is 14.4 Å². The van der Waals surface area contributed by atoms with Gasteiger partial charge in [-0.2, -0.15) is 0 Å². The van der Waals surface area contributed by atoms with Crippen LogP contribution in [0.15, 0.2) is 73.1 Å². The van der Waals surface area contributed by atoms with Gasteiger partial charge in [0.25, 0.3) is 0 Å². The average molecular weight is 325 g/mol. The second-order valence-electron chi connectivity index (χ2n) is 5.98. The predicted molar refractivity (Wildman–Crippen MR) is 100.0 cm³/mol. The number of imidazole rings is 1. The van der Waals surface area contributed by atoms with E-state index >= 15 is 0 Å². The Morgan fingerprint density at radius 3 is 2.64 bits per heavy atom. The quantitative estimate of drug-likeness (QED) is 0.472. The van der Waals surface area contributed by atoms with E-state index in [4.69, 9.17) is 9.72 Å². The highest BCUT2D eigenvalue weighted by molar-refractivity contribution is 6.00. The van der Waals surface area contributed by atoms with E-state index in [2.05, 4.69) is 33.7 Å². The molecule has 0 spiro atoms. The largest absolute Gasteiger partial charge is 0.497 e. The van der Waals surface area contributed by atoms with E-state index in [-0.39, 0.29) is 0 Å². The Kier molecular flexibility index (Phi) is 2.97. The number of benzene rings is 2. The fourth-order valence-electron chi connectivity index (χ4n) is 3.36. The van der Waals surface area contributed by atoms with E-state index < -0.39 is 0 Å². The third-order valence-corrected chi connectivity index (χ3v) is 4.57. The van der Waals surface area contributed by atoms with Crippen LogP contribution in [0, 0.1) is 0 Å². The summed E-state index contributed by atoms with van der Waals surface area (Å²) in [6.45, 7) is 0. The second-order valence-corrected chi connectivity index (χ2v) is 5.98. The maximum Gasteiger partial charge on any atom is 0.146 e. The van der Waals surface area contributed by atoms with Crippen LogP contribution in [0.4, 0.5) is 0 Å². The van der Waals surface area contributed by atoms with Crippen LogP contribution in [0.2, 0.25) is 0 Å². The first-order valence-electron chi connectivity index (χ1n) is 8.13. The first-order chi connectivity index (χ1) is 12.3. The molecule has 2 aromatic carbocycles. The highest BCUT2D eigenvalue weighted by Gasteiger charge is 2.13. The summed E-state index contributed by atoms with van der Waals surface area (Å²) in [6.07, 6.45) is 3.70. The number of methoxy groups -OCH3 is 1. The standard InChI is InChI=1S/C21H15N3O/c1-25-16-8-6-14(7-9-16)20-12-15-13-22-11-10-17(15)21-23-18-4-2-3-5-19(18)24(20)21/h2-13H,1H3. The number of hydrogen-bond donors (Lipinski definition) is 0. The summed E-state index contributed by atoms with van der Waals surface area (Å²) < 4.78 is 7.51. The van der Waals surface area contributed by atoms with Gasteiger partial charge in [0, 0.05) is 23.2 Å². The molecular weight excluding hydrogens is 310 g/mol. The van der Waals surface area contributed by atoms with Crippen molar-refractivity contribution in [2.24, 2.45) is 0 Å². The van der Waals surface area contributed by atoms with Crippen molar-refractivity contribution in [2.75, 3.05) is 7.11 Å². The number of aromatic nitrogens is 3. The van der Waals surface area contributed by atoms with E-state index in [0.29, 0.717) is 0 Å². The molecule has 5 aromatic rings. The molecule has 0 amide bonds. The molecule has 4 heteroatoms. The molecule has 0 fully saturated rings. The topological polar surface area (TPSA) is 39.4 Å². The molecule has 0 aliphatic heterocycles. The van der Waals surface area contributed by atoms with Gasteiger partial charge in [-0.1, -0.05) is 12.1 Å². The van der Waals surface area contributed by atoms with E-state index in [0.717, 1.165) is 44.5 Å². The van der Waals surface area contributed by atoms with Crippen LogP contribution < -0.4 is 4.74 Å². The highest BCUT2D eigenvalue weighted by atomic mass is 16.5. The lowest BCUT2D eigenvalue weighted by molar-refractivity contribution is 0.415. The molecule has 0 aliphatic carbocycles. The Labute approximate surface area is 144 Å². The molecule has 3 heterocycles. The summed E-state index contributed by atoms with van der Waals surface area (Å²) in [5.74, 6) is 0.845. The van der Waals surface area contributed by atoms with Gasteiger partial charge in [-0.25, -0.2) is 4.98 Å². The molecule has 0 bridgehead atoms. The molecule has 3 aromatic heterocycles. The lowest BCUT2D eigenvalue weighted by Gasteiger charge is -2.10. The van der Waals surface area contributed by atoms with E-state index in [1.165, 1.54) is 0 Å². The van der Waals surface area contributed by atoms with Crippen LogP contribution in [0.5, 0.6) is 5.75 Å². The first-order valence-corrected chi connectivity index (χ1v) is 8.13. The molecule has 0 aliphatic rings. The highest BCUT2D eigenvalue weighted by Crippen LogP contribution is 2.32. The molecule has 5 rings (SSSR count). The molecule has 25 heavy (non-hydrogen) atoms. The lowest BCUT2D eigenvalue weighted by Crippen LogP contribution is -1.94. The van der Waals surface area contributed by atoms with Gasteiger partial charge in [0.2, 0.25) is 0 Å². The van der Waals surface area contributed by atoms with Crippen molar-refractivity contribution in [3.63, 3.8) is 0 Å². The van der Waals surface area contributed by atoms with Crippen LogP contribution in [-0.2, 0) is 0 Å². The van der Waals surface area contributed by atoms with Gasteiger partial charge in [-0.15, -0.1) is 0 Å². The summed E-state index contributed by atoms with van der Waals surface area (Å²) in [5, 5.41) is 2.18. The first kappa shape index (κ1) is 14.0. The van der Waals surface area contributed by atoms with Gasteiger partial charge >= 0.3 is 0 Å². The van der Waals surface area contributed by atoms with E-state index in [1.54, 1.807) is 7.11 Å². The zero-order valence-corrected chi connectivity index (χ0v) is 13.7. The minimum atomic E-state index is 0.845. The minimum absolute atomic E-state index is 0.845. The summed E-state index contributed by atoms with van der Waals surface area (Å²) >= 11 is 0. The SMILES string of the molecule is COc1ccc(-c2cc3cnccc3c3nc4ccccc4n23)cc1. The predicted octanol–water partition coefficient (Wildman–Crippen LogP) is 4.71. The van der Waals surface area contributed by atoms with Crippen LogP contribution in [0.3, 0.4) is 0 Å². The number of nitrogens with zero attached hydrogens (tertiary/aromatic N) is 3. The fraction of sp³-hybridized carbons (Fsp3) is 0.0476. The monoisotopic (exact) mass is 325 g/mol. The molecule has 0 atom stereocenters. The van der Waals surface area contributed by atoms with E-state index in [9.17, 15) is 0 Å². The third-order valence-electron chi connectivity index (χ3n) is 4.57. The fourth-order valence-corrected chi connectivity index (χ4v) is 3.36. The number of para-hydroxylation sites is 2.